The average Bonchev–Trinajstić information content (AvgIpc) is 2.38. The molecular weight excluding hydrogens is 234 g/mol. The summed E-state index contributed by atoms with van der Waals surface area (Å²) in [6, 6.07) is 3.38. The van der Waals surface area contributed by atoms with Crippen molar-refractivity contribution in [3.63, 3.8) is 0 Å². The summed E-state index contributed by atoms with van der Waals surface area (Å²) in [6.45, 7) is 1.74. The minimum absolute atomic E-state index is 0.0558. The number of hydrogen-bond donors (Lipinski definition) is 1. The van der Waals surface area contributed by atoms with Gasteiger partial charge in [-0.25, -0.2) is 0 Å². The topological polar surface area (TPSA) is 64.6 Å². The van der Waals surface area contributed by atoms with E-state index in [1.807, 2.05) is 0 Å². The number of amides is 1. The van der Waals surface area contributed by atoms with Gasteiger partial charge in [0.1, 0.15) is 11.5 Å². The van der Waals surface area contributed by atoms with Crippen LogP contribution in [0.15, 0.2) is 12.1 Å². The lowest BCUT2D eigenvalue weighted by Crippen LogP contribution is -2.21. The molecule has 1 aromatic carbocycles. The minimum Gasteiger partial charge on any atom is -0.495 e. The molecule has 0 saturated heterocycles. The van der Waals surface area contributed by atoms with Crippen molar-refractivity contribution in [3.05, 3.63) is 17.7 Å². The molecule has 0 aromatic heterocycles. The molecule has 0 spiro atoms. The lowest BCUT2D eigenvalue weighted by atomic mass is 10.0. The summed E-state index contributed by atoms with van der Waals surface area (Å²) in [5, 5.41) is 2.76. The molecule has 1 aliphatic rings. The van der Waals surface area contributed by atoms with Crippen LogP contribution in [0, 0.1) is 0 Å². The second-order valence-corrected chi connectivity index (χ2v) is 4.00. The maximum Gasteiger partial charge on any atom is 0.310 e. The van der Waals surface area contributed by atoms with Crippen LogP contribution in [0.3, 0.4) is 0 Å². The first-order chi connectivity index (χ1) is 8.65. The number of carbonyl (C=O) groups is 2. The van der Waals surface area contributed by atoms with Crippen molar-refractivity contribution in [2.75, 3.05) is 12.4 Å². The van der Waals surface area contributed by atoms with Crippen LogP contribution in [0.5, 0.6) is 11.5 Å². The molecule has 0 atom stereocenters. The quantitative estimate of drug-likeness (QED) is 0.656. The molecule has 1 aromatic rings. The first-order valence-corrected chi connectivity index (χ1v) is 5.86. The molecule has 0 unspecified atom stereocenters. The zero-order valence-electron chi connectivity index (χ0n) is 10.4. The molecule has 18 heavy (non-hydrogen) atoms. The predicted octanol–water partition coefficient (Wildman–Crippen LogP) is 1.90. The number of fused-ring (bicyclic) bond motifs is 1. The maximum atomic E-state index is 11.4. The van der Waals surface area contributed by atoms with Gasteiger partial charge >= 0.3 is 5.97 Å². The number of carbonyl (C=O) groups excluding carboxylic acids is 2. The molecule has 5 heteroatoms. The zero-order valence-corrected chi connectivity index (χ0v) is 10.4. The Balaban J connectivity index is 2.41. The highest BCUT2D eigenvalue weighted by Crippen LogP contribution is 2.38. The van der Waals surface area contributed by atoms with Gasteiger partial charge < -0.3 is 14.8 Å². The van der Waals surface area contributed by atoms with E-state index in [4.69, 9.17) is 9.47 Å². The van der Waals surface area contributed by atoms with Gasteiger partial charge in [-0.05, 0) is 18.6 Å². The van der Waals surface area contributed by atoms with E-state index in [0.29, 0.717) is 36.4 Å². The van der Waals surface area contributed by atoms with E-state index in [1.54, 1.807) is 19.1 Å². The van der Waals surface area contributed by atoms with Crippen molar-refractivity contribution >= 4 is 17.6 Å². The lowest BCUT2D eigenvalue weighted by molar-refractivity contribution is -0.134. The van der Waals surface area contributed by atoms with Crippen molar-refractivity contribution in [3.8, 4) is 11.5 Å². The van der Waals surface area contributed by atoms with Gasteiger partial charge in [0.2, 0.25) is 5.91 Å². The number of rotatable bonds is 3. The van der Waals surface area contributed by atoms with E-state index in [0.717, 1.165) is 5.56 Å². The molecule has 0 saturated carbocycles. The van der Waals surface area contributed by atoms with Crippen molar-refractivity contribution in [1.29, 1.82) is 0 Å². The minimum atomic E-state index is -0.292. The highest BCUT2D eigenvalue weighted by molar-refractivity contribution is 5.96. The smallest absolute Gasteiger partial charge is 0.310 e. The predicted molar refractivity (Wildman–Crippen MR) is 65.9 cm³/mol. The second kappa shape index (κ2) is 5.08. The SMILES string of the molecule is CCC(=O)Oc1ccc(OC)c2c1CCC(=O)N2. The van der Waals surface area contributed by atoms with Crippen LogP contribution in [-0.2, 0) is 16.0 Å². The van der Waals surface area contributed by atoms with E-state index in [1.165, 1.54) is 7.11 Å². The van der Waals surface area contributed by atoms with Gasteiger partial charge in [0, 0.05) is 18.4 Å². The first kappa shape index (κ1) is 12.4. The Morgan fingerprint density at radius 3 is 2.72 bits per heavy atom. The summed E-state index contributed by atoms with van der Waals surface area (Å²) >= 11 is 0. The largest absolute Gasteiger partial charge is 0.495 e. The molecule has 0 radical (unpaired) electrons. The fraction of sp³-hybridized carbons (Fsp3) is 0.385. The summed E-state index contributed by atoms with van der Waals surface area (Å²) in [6.07, 6.45) is 1.24. The Kier molecular flexibility index (Phi) is 3.50. The van der Waals surface area contributed by atoms with E-state index >= 15 is 0 Å². The lowest BCUT2D eigenvalue weighted by Gasteiger charge is -2.21. The molecule has 5 nitrogen and oxygen atoms in total. The van der Waals surface area contributed by atoms with Crippen LogP contribution in [0.4, 0.5) is 5.69 Å². The third-order valence-corrected chi connectivity index (χ3v) is 2.83. The molecule has 2 rings (SSSR count). The van der Waals surface area contributed by atoms with E-state index in [2.05, 4.69) is 5.32 Å². The number of anilines is 1. The van der Waals surface area contributed by atoms with E-state index < -0.39 is 0 Å². The van der Waals surface area contributed by atoms with Crippen LogP contribution in [-0.4, -0.2) is 19.0 Å². The Morgan fingerprint density at radius 2 is 2.06 bits per heavy atom. The van der Waals surface area contributed by atoms with Gasteiger partial charge in [-0.2, -0.15) is 0 Å². The molecule has 1 N–H and O–H groups in total. The van der Waals surface area contributed by atoms with Crippen LogP contribution >= 0.6 is 0 Å². The Labute approximate surface area is 105 Å². The number of methoxy groups -OCH3 is 1. The summed E-state index contributed by atoms with van der Waals surface area (Å²) in [7, 11) is 1.54. The van der Waals surface area contributed by atoms with Crippen molar-refractivity contribution in [1.82, 2.24) is 0 Å². The molecule has 1 heterocycles. The van der Waals surface area contributed by atoms with Crippen molar-refractivity contribution in [2.24, 2.45) is 0 Å². The maximum absolute atomic E-state index is 11.4. The first-order valence-electron chi connectivity index (χ1n) is 5.86. The van der Waals surface area contributed by atoms with Crippen molar-refractivity contribution in [2.45, 2.75) is 26.2 Å². The molecule has 1 amide bonds. The number of ether oxygens (including phenoxy) is 2. The monoisotopic (exact) mass is 249 g/mol. The van der Waals surface area contributed by atoms with Gasteiger partial charge in [0.25, 0.3) is 0 Å². The molecule has 0 fully saturated rings. The highest BCUT2D eigenvalue weighted by atomic mass is 16.5. The summed E-state index contributed by atoms with van der Waals surface area (Å²) in [5.41, 5.74) is 1.42. The number of esters is 1. The van der Waals surface area contributed by atoms with Crippen LogP contribution in [0.25, 0.3) is 0 Å². The molecule has 0 bridgehead atoms. The summed E-state index contributed by atoms with van der Waals surface area (Å²) in [4.78, 5) is 22.8. The third kappa shape index (κ3) is 2.30. The standard InChI is InChI=1S/C13H15NO4/c1-3-12(16)18-9-5-6-10(17-2)13-8(9)4-7-11(15)14-13/h5-6H,3-4,7H2,1-2H3,(H,14,15). The Hall–Kier alpha value is -2.04. The molecule has 1 aliphatic heterocycles. The Bertz CT molecular complexity index is 496. The Morgan fingerprint density at radius 1 is 1.33 bits per heavy atom. The van der Waals surface area contributed by atoms with Gasteiger partial charge in [-0.3, -0.25) is 9.59 Å². The number of benzene rings is 1. The van der Waals surface area contributed by atoms with Crippen LogP contribution in [0.1, 0.15) is 25.3 Å². The van der Waals surface area contributed by atoms with Crippen LogP contribution in [0.2, 0.25) is 0 Å². The van der Waals surface area contributed by atoms with Gasteiger partial charge in [-0.1, -0.05) is 6.92 Å². The van der Waals surface area contributed by atoms with Crippen molar-refractivity contribution < 1.29 is 19.1 Å². The van der Waals surface area contributed by atoms with Gasteiger partial charge in [0.15, 0.2) is 0 Å². The second-order valence-electron chi connectivity index (χ2n) is 4.00. The molecular formula is C13H15NO4. The fourth-order valence-corrected chi connectivity index (χ4v) is 1.89. The molecule has 0 aliphatic carbocycles. The fourth-order valence-electron chi connectivity index (χ4n) is 1.89. The van der Waals surface area contributed by atoms with Gasteiger partial charge in [0.05, 0.1) is 12.8 Å². The molecule has 96 valence electrons. The zero-order chi connectivity index (χ0) is 13.1. The number of nitrogens with one attached hydrogen (secondary N) is 1. The van der Waals surface area contributed by atoms with Gasteiger partial charge in [-0.15, -0.1) is 0 Å². The van der Waals surface area contributed by atoms with E-state index in [-0.39, 0.29) is 11.9 Å². The normalized spacial score (nSPS) is 13.6. The summed E-state index contributed by atoms with van der Waals surface area (Å²) in [5.74, 6) is 0.728. The highest BCUT2D eigenvalue weighted by Gasteiger charge is 2.23. The average molecular weight is 249 g/mol. The third-order valence-electron chi connectivity index (χ3n) is 2.83. The number of hydrogen-bond acceptors (Lipinski definition) is 4. The summed E-state index contributed by atoms with van der Waals surface area (Å²) < 4.78 is 10.4. The van der Waals surface area contributed by atoms with E-state index in [9.17, 15) is 9.59 Å². The van der Waals surface area contributed by atoms with Crippen LogP contribution < -0.4 is 14.8 Å².